The Balaban J connectivity index is 1.68. The number of hydrogen-bond acceptors (Lipinski definition) is 4. The van der Waals surface area contributed by atoms with Gasteiger partial charge in [-0.2, -0.15) is 5.10 Å². The van der Waals surface area contributed by atoms with Crippen molar-refractivity contribution < 1.29 is 14.3 Å². The van der Waals surface area contributed by atoms with E-state index in [1.165, 1.54) is 0 Å². The quantitative estimate of drug-likeness (QED) is 0.593. The molecule has 1 N–H and O–H groups in total. The lowest BCUT2D eigenvalue weighted by atomic mass is 9.95. The van der Waals surface area contributed by atoms with E-state index < -0.39 is 0 Å². The number of ether oxygens (including phenoxy) is 2. The van der Waals surface area contributed by atoms with Crippen molar-refractivity contribution in [2.45, 2.75) is 37.8 Å². The van der Waals surface area contributed by atoms with Crippen LogP contribution in [0.1, 0.15) is 53.3 Å². The van der Waals surface area contributed by atoms with Crippen LogP contribution >= 0.6 is 11.6 Å². The van der Waals surface area contributed by atoms with Gasteiger partial charge in [0.05, 0.1) is 26.0 Å². The minimum atomic E-state index is -0.241. The second-order valence-corrected chi connectivity index (χ2v) is 8.47. The van der Waals surface area contributed by atoms with Gasteiger partial charge in [-0.3, -0.25) is 9.89 Å². The molecule has 1 aliphatic carbocycles. The topological polar surface area (TPSA) is 67.5 Å². The van der Waals surface area contributed by atoms with Crippen molar-refractivity contribution in [2.75, 3.05) is 14.2 Å². The van der Waals surface area contributed by atoms with Crippen LogP contribution in [0.3, 0.4) is 0 Å². The molecule has 2 aromatic carbocycles. The number of amides is 1. The number of benzene rings is 2. The Bertz CT molecular complexity index is 1120. The van der Waals surface area contributed by atoms with Crippen LogP contribution in [0.15, 0.2) is 42.5 Å². The molecule has 3 aromatic rings. The standard InChI is InChI=1S/C24H24ClN3O3/c1-30-18-12-9-15(13-19(18)31-2)23-20-21(14-7-10-16(25)11-8-14)26-27-22(20)24(29)28(23)17-5-3-4-6-17/h7-13,17,23H,3-6H2,1-2H3,(H,26,27). The number of fused-ring (bicyclic) bond motifs is 1. The molecule has 5 rings (SSSR count). The van der Waals surface area contributed by atoms with E-state index in [2.05, 4.69) is 10.2 Å². The first-order valence-corrected chi connectivity index (χ1v) is 10.9. The van der Waals surface area contributed by atoms with Crippen LogP contribution in [0.5, 0.6) is 11.5 Å². The molecule has 0 radical (unpaired) electrons. The van der Waals surface area contributed by atoms with Crippen molar-refractivity contribution in [1.82, 2.24) is 15.1 Å². The molecule has 1 saturated carbocycles. The Kier molecular flexibility index (Phi) is 5.10. The maximum atomic E-state index is 13.5. The second kappa shape index (κ2) is 7.93. The van der Waals surface area contributed by atoms with Gasteiger partial charge in [-0.05, 0) is 42.7 Å². The molecule has 160 valence electrons. The fourth-order valence-corrected chi connectivity index (χ4v) is 5.03. The number of hydrogen-bond donors (Lipinski definition) is 1. The van der Waals surface area contributed by atoms with Crippen LogP contribution < -0.4 is 9.47 Å². The molecular weight excluding hydrogens is 414 g/mol. The number of halogens is 1. The Hall–Kier alpha value is -2.99. The number of H-pyrrole nitrogens is 1. The molecule has 6 nitrogen and oxygen atoms in total. The van der Waals surface area contributed by atoms with Gasteiger partial charge in [0.25, 0.3) is 5.91 Å². The van der Waals surface area contributed by atoms with Crippen molar-refractivity contribution in [3.05, 3.63) is 64.3 Å². The monoisotopic (exact) mass is 437 g/mol. The lowest BCUT2D eigenvalue weighted by Crippen LogP contribution is -2.37. The smallest absolute Gasteiger partial charge is 0.273 e. The molecule has 7 heteroatoms. The summed E-state index contributed by atoms with van der Waals surface area (Å²) in [6.07, 6.45) is 4.32. The molecule has 1 amide bonds. The van der Waals surface area contributed by atoms with Crippen molar-refractivity contribution in [3.63, 3.8) is 0 Å². The van der Waals surface area contributed by atoms with Crippen molar-refractivity contribution >= 4 is 17.5 Å². The summed E-state index contributed by atoms with van der Waals surface area (Å²) in [4.78, 5) is 15.6. The van der Waals surface area contributed by atoms with E-state index >= 15 is 0 Å². The molecule has 2 aliphatic rings. The van der Waals surface area contributed by atoms with E-state index in [-0.39, 0.29) is 18.0 Å². The van der Waals surface area contributed by atoms with E-state index in [9.17, 15) is 4.79 Å². The number of nitrogens with one attached hydrogen (secondary N) is 1. The summed E-state index contributed by atoms with van der Waals surface area (Å²) in [6.45, 7) is 0. The van der Waals surface area contributed by atoms with Gasteiger partial charge in [0.2, 0.25) is 0 Å². The molecular formula is C24H24ClN3O3. The minimum Gasteiger partial charge on any atom is -0.493 e. The number of nitrogens with zero attached hydrogens (tertiary/aromatic N) is 2. The van der Waals surface area contributed by atoms with Gasteiger partial charge in [-0.1, -0.05) is 42.6 Å². The van der Waals surface area contributed by atoms with Crippen LogP contribution in [0.2, 0.25) is 5.02 Å². The highest BCUT2D eigenvalue weighted by molar-refractivity contribution is 6.30. The van der Waals surface area contributed by atoms with Crippen LogP contribution in [-0.2, 0) is 0 Å². The van der Waals surface area contributed by atoms with Gasteiger partial charge in [0.15, 0.2) is 11.5 Å². The summed E-state index contributed by atoms with van der Waals surface area (Å²) in [5.74, 6) is 1.31. The maximum Gasteiger partial charge on any atom is 0.273 e. The Labute approximate surface area is 186 Å². The van der Waals surface area contributed by atoms with Crippen molar-refractivity contribution in [2.24, 2.45) is 0 Å². The second-order valence-electron chi connectivity index (χ2n) is 8.04. The average molecular weight is 438 g/mol. The molecule has 31 heavy (non-hydrogen) atoms. The summed E-state index contributed by atoms with van der Waals surface area (Å²) >= 11 is 6.09. The van der Waals surface area contributed by atoms with E-state index in [4.69, 9.17) is 21.1 Å². The van der Waals surface area contributed by atoms with Gasteiger partial charge in [-0.15, -0.1) is 0 Å². The Morgan fingerprint density at radius 1 is 1.03 bits per heavy atom. The Morgan fingerprint density at radius 3 is 2.42 bits per heavy atom. The first-order valence-electron chi connectivity index (χ1n) is 10.5. The number of carbonyl (C=O) groups is 1. The summed E-state index contributed by atoms with van der Waals surface area (Å²) in [5, 5.41) is 8.22. The third-order valence-corrected chi connectivity index (χ3v) is 6.62. The molecule has 1 unspecified atom stereocenters. The summed E-state index contributed by atoms with van der Waals surface area (Å²) < 4.78 is 11.0. The first kappa shape index (κ1) is 19.9. The van der Waals surface area contributed by atoms with E-state index in [1.807, 2.05) is 47.4 Å². The van der Waals surface area contributed by atoms with Crippen LogP contribution in [0.4, 0.5) is 0 Å². The summed E-state index contributed by atoms with van der Waals surface area (Å²) in [6, 6.07) is 13.4. The molecule has 2 heterocycles. The molecule has 1 aliphatic heterocycles. The number of rotatable bonds is 5. The van der Waals surface area contributed by atoms with E-state index in [0.29, 0.717) is 22.2 Å². The molecule has 1 fully saturated rings. The van der Waals surface area contributed by atoms with Crippen LogP contribution in [0.25, 0.3) is 11.3 Å². The zero-order valence-corrected chi connectivity index (χ0v) is 18.3. The zero-order valence-electron chi connectivity index (χ0n) is 17.5. The third kappa shape index (κ3) is 3.26. The number of aromatic nitrogens is 2. The minimum absolute atomic E-state index is 0.00870. The highest BCUT2D eigenvalue weighted by Gasteiger charge is 2.45. The fourth-order valence-electron chi connectivity index (χ4n) is 4.90. The molecule has 0 spiro atoms. The van der Waals surface area contributed by atoms with Gasteiger partial charge in [0.1, 0.15) is 5.69 Å². The molecule has 1 aromatic heterocycles. The summed E-state index contributed by atoms with van der Waals surface area (Å²) in [5.41, 5.74) is 4.16. The third-order valence-electron chi connectivity index (χ3n) is 6.36. The zero-order chi connectivity index (χ0) is 21.5. The van der Waals surface area contributed by atoms with Gasteiger partial charge >= 0.3 is 0 Å². The van der Waals surface area contributed by atoms with Crippen LogP contribution in [0, 0.1) is 0 Å². The largest absolute Gasteiger partial charge is 0.493 e. The van der Waals surface area contributed by atoms with Gasteiger partial charge in [-0.25, -0.2) is 0 Å². The fraction of sp³-hybridized carbons (Fsp3) is 0.333. The molecule has 0 saturated heterocycles. The van der Waals surface area contributed by atoms with Gasteiger partial charge in [0, 0.05) is 22.2 Å². The highest BCUT2D eigenvalue weighted by atomic mass is 35.5. The first-order chi connectivity index (χ1) is 15.1. The molecule has 1 atom stereocenters. The average Bonchev–Trinajstić information content (AvgIpc) is 3.52. The predicted octanol–water partition coefficient (Wildman–Crippen LogP) is 5.24. The summed E-state index contributed by atoms with van der Waals surface area (Å²) in [7, 11) is 3.24. The number of carbonyl (C=O) groups excluding carboxylic acids is 1. The number of methoxy groups -OCH3 is 2. The maximum absolute atomic E-state index is 13.5. The highest BCUT2D eigenvalue weighted by Crippen LogP contribution is 2.47. The SMILES string of the molecule is COc1ccc(C2c3c(-c4ccc(Cl)cc4)n[nH]c3C(=O)N2C2CCCC2)cc1OC. The van der Waals surface area contributed by atoms with Crippen LogP contribution in [-0.4, -0.2) is 41.3 Å². The predicted molar refractivity (Wildman–Crippen MR) is 119 cm³/mol. The lowest BCUT2D eigenvalue weighted by Gasteiger charge is -2.32. The number of aromatic amines is 1. The van der Waals surface area contributed by atoms with Crippen molar-refractivity contribution in [3.8, 4) is 22.8 Å². The Morgan fingerprint density at radius 2 is 1.74 bits per heavy atom. The normalized spacial score (nSPS) is 18.5. The van der Waals surface area contributed by atoms with E-state index in [0.717, 1.165) is 48.1 Å². The van der Waals surface area contributed by atoms with Gasteiger partial charge < -0.3 is 14.4 Å². The molecule has 0 bridgehead atoms. The van der Waals surface area contributed by atoms with E-state index in [1.54, 1.807) is 14.2 Å². The van der Waals surface area contributed by atoms with Crippen molar-refractivity contribution in [1.29, 1.82) is 0 Å². The lowest BCUT2D eigenvalue weighted by molar-refractivity contribution is 0.0660.